The summed E-state index contributed by atoms with van der Waals surface area (Å²) in [5.41, 5.74) is 1.52. The summed E-state index contributed by atoms with van der Waals surface area (Å²) in [7, 11) is 0. The smallest absolute Gasteiger partial charge is 0.277 e. The van der Waals surface area contributed by atoms with E-state index in [9.17, 15) is 9.59 Å². The van der Waals surface area contributed by atoms with Gasteiger partial charge in [0.2, 0.25) is 0 Å². The van der Waals surface area contributed by atoms with Crippen molar-refractivity contribution in [3.63, 3.8) is 0 Å². The fraction of sp³-hybridized carbons (Fsp3) is 0.565. The molecule has 0 bridgehead atoms. The maximum Gasteiger partial charge on any atom is 0.277 e. The Morgan fingerprint density at radius 2 is 1.69 bits per heavy atom. The van der Waals surface area contributed by atoms with Crippen molar-refractivity contribution in [3.8, 4) is 0 Å². The third kappa shape index (κ3) is 4.80. The second-order valence-electron chi connectivity index (χ2n) is 8.52. The molecular formula is C23H30Cl2N2O2. The molecule has 0 radical (unpaired) electrons. The Kier molecular flexibility index (Phi) is 7.28. The van der Waals surface area contributed by atoms with E-state index in [2.05, 4.69) is 25.7 Å². The van der Waals surface area contributed by atoms with E-state index in [-0.39, 0.29) is 11.8 Å². The number of imide groups is 1. The number of halogens is 2. The zero-order valence-electron chi connectivity index (χ0n) is 17.5. The monoisotopic (exact) mass is 436 g/mol. The Labute approximate surface area is 183 Å². The average molecular weight is 437 g/mol. The van der Waals surface area contributed by atoms with Crippen molar-refractivity contribution in [3.05, 3.63) is 39.5 Å². The molecule has 2 aliphatic heterocycles. The maximum atomic E-state index is 13.4. The van der Waals surface area contributed by atoms with Crippen LogP contribution in [-0.4, -0.2) is 41.2 Å². The number of rotatable bonds is 7. The summed E-state index contributed by atoms with van der Waals surface area (Å²) < 4.78 is 0. The van der Waals surface area contributed by atoms with E-state index in [1.807, 2.05) is 0 Å². The van der Waals surface area contributed by atoms with Gasteiger partial charge in [-0.25, -0.2) is 0 Å². The lowest BCUT2D eigenvalue weighted by Gasteiger charge is -2.37. The third-order valence-electron chi connectivity index (χ3n) is 5.76. The van der Waals surface area contributed by atoms with Gasteiger partial charge in [0.25, 0.3) is 11.8 Å². The van der Waals surface area contributed by atoms with Crippen molar-refractivity contribution >= 4 is 40.6 Å². The minimum Gasteiger partial charge on any atom is -0.366 e. The van der Waals surface area contributed by atoms with Crippen LogP contribution in [0, 0.1) is 11.8 Å². The van der Waals surface area contributed by atoms with Crippen LogP contribution >= 0.6 is 23.2 Å². The molecule has 158 valence electrons. The topological polar surface area (TPSA) is 40.6 Å². The van der Waals surface area contributed by atoms with Crippen LogP contribution in [0.5, 0.6) is 0 Å². The molecule has 2 unspecified atom stereocenters. The number of hydrogen-bond donors (Lipinski definition) is 0. The van der Waals surface area contributed by atoms with Gasteiger partial charge in [-0.3, -0.25) is 14.5 Å². The first-order valence-corrected chi connectivity index (χ1v) is 11.4. The highest BCUT2D eigenvalue weighted by Crippen LogP contribution is 2.38. The first-order chi connectivity index (χ1) is 13.8. The zero-order valence-corrected chi connectivity index (χ0v) is 19.0. The number of amides is 2. The highest BCUT2D eigenvalue weighted by Gasteiger charge is 2.43. The molecule has 1 aromatic rings. The second kappa shape index (κ2) is 9.53. The SMILES string of the molecule is CCCCCCN1C(=O)C(c2ccc(Cl)cc2Cl)=C(N2CC(C)CC(C)C2)C1=O. The zero-order chi connectivity index (χ0) is 21.1. The molecular weight excluding hydrogens is 407 g/mol. The van der Waals surface area contributed by atoms with Gasteiger partial charge in [-0.15, -0.1) is 0 Å². The van der Waals surface area contributed by atoms with E-state index in [1.54, 1.807) is 18.2 Å². The molecule has 0 spiro atoms. The lowest BCUT2D eigenvalue weighted by atomic mass is 9.91. The summed E-state index contributed by atoms with van der Waals surface area (Å²) >= 11 is 12.5. The number of likely N-dealkylation sites (tertiary alicyclic amines) is 1. The summed E-state index contributed by atoms with van der Waals surface area (Å²) in [6.45, 7) is 8.54. The number of carbonyl (C=O) groups is 2. The molecule has 2 aliphatic rings. The van der Waals surface area contributed by atoms with Gasteiger partial charge in [-0.2, -0.15) is 0 Å². The predicted molar refractivity (Wildman–Crippen MR) is 119 cm³/mol. The summed E-state index contributed by atoms with van der Waals surface area (Å²) in [5.74, 6) is 0.509. The molecule has 0 N–H and O–H groups in total. The van der Waals surface area contributed by atoms with Gasteiger partial charge in [-0.05, 0) is 36.8 Å². The van der Waals surface area contributed by atoms with E-state index in [1.165, 1.54) is 4.90 Å². The molecule has 0 aliphatic carbocycles. The number of benzene rings is 1. The van der Waals surface area contributed by atoms with Gasteiger partial charge in [0.1, 0.15) is 5.70 Å². The summed E-state index contributed by atoms with van der Waals surface area (Å²) in [5, 5.41) is 0.909. The number of carbonyl (C=O) groups excluding carboxylic acids is 2. The number of hydrogen-bond acceptors (Lipinski definition) is 3. The number of unbranched alkanes of at least 4 members (excludes halogenated alkanes) is 3. The molecule has 2 heterocycles. The fourth-order valence-electron chi connectivity index (χ4n) is 4.54. The van der Waals surface area contributed by atoms with E-state index in [4.69, 9.17) is 23.2 Å². The molecule has 29 heavy (non-hydrogen) atoms. The molecule has 0 aromatic heterocycles. The first-order valence-electron chi connectivity index (χ1n) is 10.6. The summed E-state index contributed by atoms with van der Waals surface area (Å²) in [4.78, 5) is 30.3. The van der Waals surface area contributed by atoms with E-state index in [0.29, 0.717) is 45.3 Å². The largest absolute Gasteiger partial charge is 0.366 e. The Balaban J connectivity index is 1.99. The van der Waals surface area contributed by atoms with Gasteiger partial charge >= 0.3 is 0 Å². The normalized spacial score (nSPS) is 22.8. The van der Waals surface area contributed by atoms with Crippen LogP contribution in [0.2, 0.25) is 10.0 Å². The Morgan fingerprint density at radius 1 is 1.00 bits per heavy atom. The predicted octanol–water partition coefficient (Wildman–Crippen LogP) is 5.63. The average Bonchev–Trinajstić information content (AvgIpc) is 2.89. The highest BCUT2D eigenvalue weighted by atomic mass is 35.5. The molecule has 6 heteroatoms. The molecule has 0 saturated carbocycles. The van der Waals surface area contributed by atoms with Gasteiger partial charge < -0.3 is 4.90 Å². The molecule has 4 nitrogen and oxygen atoms in total. The van der Waals surface area contributed by atoms with Crippen LogP contribution < -0.4 is 0 Å². The van der Waals surface area contributed by atoms with Gasteiger partial charge in [0, 0.05) is 30.2 Å². The van der Waals surface area contributed by atoms with Crippen molar-refractivity contribution < 1.29 is 9.59 Å². The molecule has 1 saturated heterocycles. The minimum atomic E-state index is -0.239. The minimum absolute atomic E-state index is 0.186. The number of piperidine rings is 1. The Morgan fingerprint density at radius 3 is 2.31 bits per heavy atom. The Hall–Kier alpha value is -1.52. The van der Waals surface area contributed by atoms with Crippen LogP contribution in [-0.2, 0) is 9.59 Å². The van der Waals surface area contributed by atoms with Crippen molar-refractivity contribution in [1.82, 2.24) is 9.80 Å². The second-order valence-corrected chi connectivity index (χ2v) is 9.37. The van der Waals surface area contributed by atoms with Crippen LogP contribution in [0.3, 0.4) is 0 Å². The lowest BCUT2D eigenvalue weighted by molar-refractivity contribution is -0.137. The Bertz CT molecular complexity index is 811. The lowest BCUT2D eigenvalue weighted by Crippen LogP contribution is -2.42. The van der Waals surface area contributed by atoms with Gasteiger partial charge in [0.05, 0.1) is 10.6 Å². The fourth-order valence-corrected chi connectivity index (χ4v) is 5.04. The van der Waals surface area contributed by atoms with E-state index in [0.717, 1.165) is 45.2 Å². The standard InChI is InChI=1S/C23H30Cl2N2O2/c1-4-5-6-7-10-27-22(28)20(18-9-8-17(24)12-19(18)25)21(23(27)29)26-13-15(2)11-16(3)14-26/h8-9,12,15-16H,4-7,10-11,13-14H2,1-3H3. The van der Waals surface area contributed by atoms with Crippen LogP contribution in [0.4, 0.5) is 0 Å². The van der Waals surface area contributed by atoms with Crippen LogP contribution in [0.1, 0.15) is 58.4 Å². The number of nitrogens with zero attached hydrogens (tertiary/aromatic N) is 2. The first kappa shape index (κ1) is 22.2. The molecule has 3 rings (SSSR count). The molecule has 1 fully saturated rings. The quantitative estimate of drug-likeness (QED) is 0.410. The summed E-state index contributed by atoms with van der Waals surface area (Å²) in [6, 6.07) is 5.10. The van der Waals surface area contributed by atoms with Crippen molar-refractivity contribution in [2.45, 2.75) is 52.9 Å². The highest BCUT2D eigenvalue weighted by molar-refractivity contribution is 6.41. The molecule has 1 aromatic carbocycles. The van der Waals surface area contributed by atoms with Crippen molar-refractivity contribution in [2.75, 3.05) is 19.6 Å². The summed E-state index contributed by atoms with van der Waals surface area (Å²) in [6.07, 6.45) is 5.18. The third-order valence-corrected chi connectivity index (χ3v) is 6.31. The molecule has 2 atom stereocenters. The van der Waals surface area contributed by atoms with E-state index >= 15 is 0 Å². The maximum absolute atomic E-state index is 13.4. The van der Waals surface area contributed by atoms with Crippen molar-refractivity contribution in [1.29, 1.82) is 0 Å². The van der Waals surface area contributed by atoms with Gasteiger partial charge in [-0.1, -0.05) is 69.3 Å². The molecule has 2 amide bonds. The van der Waals surface area contributed by atoms with E-state index < -0.39 is 0 Å². The van der Waals surface area contributed by atoms with Crippen LogP contribution in [0.15, 0.2) is 23.9 Å². The van der Waals surface area contributed by atoms with Crippen molar-refractivity contribution in [2.24, 2.45) is 11.8 Å². The van der Waals surface area contributed by atoms with Crippen LogP contribution in [0.25, 0.3) is 5.57 Å². The van der Waals surface area contributed by atoms with Gasteiger partial charge in [0.15, 0.2) is 0 Å².